The molecule has 2 heteroatoms. The second-order valence-corrected chi connectivity index (χ2v) is 3.89. The first-order valence-corrected chi connectivity index (χ1v) is 5.25. The lowest BCUT2D eigenvalue weighted by molar-refractivity contribution is 0.503. The van der Waals surface area contributed by atoms with Gasteiger partial charge in [-0.3, -0.25) is 0 Å². The fourth-order valence-corrected chi connectivity index (χ4v) is 1.86. The van der Waals surface area contributed by atoms with Crippen LogP contribution in [-0.4, -0.2) is 18.6 Å². The summed E-state index contributed by atoms with van der Waals surface area (Å²) in [5.41, 5.74) is 5.81. The number of hydrogen-bond donors (Lipinski definition) is 2. The van der Waals surface area contributed by atoms with Crippen molar-refractivity contribution in [3.8, 4) is 12.3 Å². The molecule has 0 spiro atoms. The highest BCUT2D eigenvalue weighted by Gasteiger charge is 2.20. The summed E-state index contributed by atoms with van der Waals surface area (Å²) in [4.78, 5) is 0. The number of unbranched alkanes of at least 4 members (excludes halogenated alkanes) is 2. The molecule has 3 N–H and O–H groups in total. The van der Waals surface area contributed by atoms with Crippen LogP contribution in [0.3, 0.4) is 0 Å². The average Bonchev–Trinajstić information content (AvgIpc) is 2.51. The molecule has 1 aliphatic carbocycles. The second kappa shape index (κ2) is 6.01. The lowest BCUT2D eigenvalue weighted by Gasteiger charge is -2.11. The number of nitrogens with one attached hydrogen (secondary N) is 1. The smallest absolute Gasteiger partial charge is 0.00865 e. The summed E-state index contributed by atoms with van der Waals surface area (Å²) in [6.07, 6.45) is 12.0. The van der Waals surface area contributed by atoms with E-state index in [1.165, 1.54) is 19.3 Å². The van der Waals surface area contributed by atoms with Crippen molar-refractivity contribution in [2.45, 2.75) is 50.6 Å². The van der Waals surface area contributed by atoms with Gasteiger partial charge in [-0.05, 0) is 38.6 Å². The van der Waals surface area contributed by atoms with Crippen LogP contribution in [0.5, 0.6) is 0 Å². The number of rotatable bonds is 5. The molecule has 1 rings (SSSR count). The highest BCUT2D eigenvalue weighted by atomic mass is 14.9. The molecule has 74 valence electrons. The van der Waals surface area contributed by atoms with Crippen LogP contribution in [0, 0.1) is 12.3 Å². The van der Waals surface area contributed by atoms with Crippen molar-refractivity contribution in [3.05, 3.63) is 0 Å². The van der Waals surface area contributed by atoms with E-state index >= 15 is 0 Å². The summed E-state index contributed by atoms with van der Waals surface area (Å²) in [7, 11) is 0. The van der Waals surface area contributed by atoms with Crippen molar-refractivity contribution in [2.75, 3.05) is 6.54 Å². The van der Waals surface area contributed by atoms with Crippen molar-refractivity contribution >= 4 is 0 Å². The molecule has 0 radical (unpaired) electrons. The highest BCUT2D eigenvalue weighted by Crippen LogP contribution is 2.16. The largest absolute Gasteiger partial charge is 0.328 e. The first-order chi connectivity index (χ1) is 6.33. The van der Waals surface area contributed by atoms with Crippen molar-refractivity contribution < 1.29 is 0 Å². The zero-order valence-corrected chi connectivity index (χ0v) is 8.26. The summed E-state index contributed by atoms with van der Waals surface area (Å²) in [5, 5.41) is 3.52. The molecule has 13 heavy (non-hydrogen) atoms. The van der Waals surface area contributed by atoms with Crippen molar-refractivity contribution in [1.29, 1.82) is 0 Å². The van der Waals surface area contributed by atoms with Gasteiger partial charge in [-0.1, -0.05) is 0 Å². The average molecular weight is 180 g/mol. The zero-order chi connectivity index (χ0) is 9.52. The van der Waals surface area contributed by atoms with E-state index in [0.29, 0.717) is 12.1 Å². The minimum Gasteiger partial charge on any atom is -0.328 e. The monoisotopic (exact) mass is 180 g/mol. The molecule has 0 aliphatic heterocycles. The van der Waals surface area contributed by atoms with E-state index in [9.17, 15) is 0 Å². The van der Waals surface area contributed by atoms with Crippen LogP contribution in [0.2, 0.25) is 0 Å². The quantitative estimate of drug-likeness (QED) is 0.494. The Hall–Kier alpha value is -0.520. The maximum absolute atomic E-state index is 5.81. The molecule has 0 saturated heterocycles. The van der Waals surface area contributed by atoms with Crippen LogP contribution >= 0.6 is 0 Å². The molecule has 2 nitrogen and oxygen atoms in total. The Morgan fingerprint density at radius 3 is 2.85 bits per heavy atom. The first-order valence-electron chi connectivity index (χ1n) is 5.25. The molecule has 2 unspecified atom stereocenters. The SMILES string of the molecule is C#CCCCCNC1CCC(N)C1. The van der Waals surface area contributed by atoms with E-state index in [2.05, 4.69) is 11.2 Å². The van der Waals surface area contributed by atoms with Crippen LogP contribution < -0.4 is 11.1 Å². The van der Waals surface area contributed by atoms with Gasteiger partial charge in [0.05, 0.1) is 0 Å². The zero-order valence-electron chi connectivity index (χ0n) is 8.26. The Kier molecular flexibility index (Phi) is 4.88. The molecular formula is C11H20N2. The lowest BCUT2D eigenvalue weighted by atomic mass is 10.2. The molecule has 2 atom stereocenters. The third kappa shape index (κ3) is 4.31. The van der Waals surface area contributed by atoms with Gasteiger partial charge in [-0.15, -0.1) is 12.3 Å². The predicted octanol–water partition coefficient (Wildman–Crippen LogP) is 1.26. The third-order valence-electron chi connectivity index (χ3n) is 2.65. The molecule has 1 fully saturated rings. The van der Waals surface area contributed by atoms with Crippen molar-refractivity contribution in [1.82, 2.24) is 5.32 Å². The molecule has 0 bridgehead atoms. The minimum absolute atomic E-state index is 0.434. The Bertz CT molecular complexity index is 171. The van der Waals surface area contributed by atoms with Crippen molar-refractivity contribution in [2.24, 2.45) is 5.73 Å². The van der Waals surface area contributed by atoms with Crippen LogP contribution in [-0.2, 0) is 0 Å². The van der Waals surface area contributed by atoms with Crippen molar-refractivity contribution in [3.63, 3.8) is 0 Å². The molecule has 1 saturated carbocycles. The fraction of sp³-hybridized carbons (Fsp3) is 0.818. The fourth-order valence-electron chi connectivity index (χ4n) is 1.86. The van der Waals surface area contributed by atoms with Gasteiger partial charge in [-0.25, -0.2) is 0 Å². The molecule has 0 aromatic heterocycles. The molecular weight excluding hydrogens is 160 g/mol. The predicted molar refractivity (Wildman–Crippen MR) is 56.3 cm³/mol. The van der Waals surface area contributed by atoms with Crippen LogP contribution in [0.25, 0.3) is 0 Å². The third-order valence-corrected chi connectivity index (χ3v) is 2.65. The molecule has 0 heterocycles. The van der Waals surface area contributed by atoms with Gasteiger partial charge in [0.25, 0.3) is 0 Å². The van der Waals surface area contributed by atoms with Gasteiger partial charge in [0, 0.05) is 18.5 Å². The summed E-state index contributed by atoms with van der Waals surface area (Å²) in [6, 6.07) is 1.10. The van der Waals surface area contributed by atoms with Gasteiger partial charge < -0.3 is 11.1 Å². The van der Waals surface area contributed by atoms with Crippen LogP contribution in [0.1, 0.15) is 38.5 Å². The van der Waals surface area contributed by atoms with Gasteiger partial charge in [0.15, 0.2) is 0 Å². The van der Waals surface area contributed by atoms with Gasteiger partial charge in [0.2, 0.25) is 0 Å². The lowest BCUT2D eigenvalue weighted by Crippen LogP contribution is -2.29. The molecule has 1 aliphatic rings. The van der Waals surface area contributed by atoms with E-state index in [-0.39, 0.29) is 0 Å². The van der Waals surface area contributed by atoms with E-state index in [4.69, 9.17) is 12.2 Å². The van der Waals surface area contributed by atoms with E-state index in [1.807, 2.05) is 0 Å². The van der Waals surface area contributed by atoms with Crippen LogP contribution in [0.4, 0.5) is 0 Å². The highest BCUT2D eigenvalue weighted by molar-refractivity contribution is 4.84. The first kappa shape index (κ1) is 10.6. The summed E-state index contributed by atoms with van der Waals surface area (Å²) in [5.74, 6) is 2.66. The summed E-state index contributed by atoms with van der Waals surface area (Å²) in [6.45, 7) is 1.10. The maximum Gasteiger partial charge on any atom is 0.00865 e. The van der Waals surface area contributed by atoms with Gasteiger partial charge in [0.1, 0.15) is 0 Å². The topological polar surface area (TPSA) is 38.0 Å². The van der Waals surface area contributed by atoms with Gasteiger partial charge in [-0.2, -0.15) is 0 Å². The Balaban J connectivity index is 1.92. The number of terminal acetylenes is 1. The standard InChI is InChI=1S/C11H20N2/c1-2-3-4-5-8-13-11-7-6-10(12)9-11/h1,10-11,13H,3-9,12H2. The molecule has 0 amide bonds. The van der Waals surface area contributed by atoms with Gasteiger partial charge >= 0.3 is 0 Å². The number of nitrogens with two attached hydrogens (primary N) is 1. The summed E-state index contributed by atoms with van der Waals surface area (Å²) >= 11 is 0. The van der Waals surface area contributed by atoms with E-state index in [0.717, 1.165) is 25.8 Å². The Morgan fingerprint density at radius 2 is 2.23 bits per heavy atom. The molecule has 0 aromatic carbocycles. The molecule has 0 aromatic rings. The second-order valence-electron chi connectivity index (χ2n) is 3.89. The Morgan fingerprint density at radius 1 is 1.38 bits per heavy atom. The normalized spacial score (nSPS) is 27.4. The van der Waals surface area contributed by atoms with E-state index < -0.39 is 0 Å². The number of hydrogen-bond acceptors (Lipinski definition) is 2. The van der Waals surface area contributed by atoms with Crippen LogP contribution in [0.15, 0.2) is 0 Å². The maximum atomic E-state index is 5.81. The Labute approximate surface area is 81.3 Å². The summed E-state index contributed by atoms with van der Waals surface area (Å²) < 4.78 is 0. The minimum atomic E-state index is 0.434. The van der Waals surface area contributed by atoms with E-state index in [1.54, 1.807) is 0 Å².